The number of aliphatic hydroxyl groups excluding tert-OH is 3. The standard InChI is InChI=1S/C41H62N2O18/c1-19-36(47)27(44)14-33(54-19)59-38-21(3)56-34(16-29(38)60-42(49)50)58-37-20(2)55-32(15-28(37)45)57-24-8-10-39(4)23(13-24)6-7-26-25(39)9-11-40(5)35(22-12-31(46)53-18-22)30(61-43(51)52)17-41(26,40)48/h12,19-21,23-30,32-38,44-45,47-48H,6-11,13-18H2,1-5H3/t19-,20-,21-,23-,24+,25+,26-,27+,28+,29+,30+,32+,33+,34+,35+,36-,37-,38-,39+,40-,41+/m1/s1. The summed E-state index contributed by atoms with van der Waals surface area (Å²) in [4.78, 5) is 45.5. The van der Waals surface area contributed by atoms with Gasteiger partial charge in [-0.3, -0.25) is 0 Å². The first-order valence-electron chi connectivity index (χ1n) is 22.0. The predicted octanol–water partition coefficient (Wildman–Crippen LogP) is 2.65. The predicted molar refractivity (Wildman–Crippen MR) is 204 cm³/mol. The smallest absolute Gasteiger partial charge is 0.331 e. The van der Waals surface area contributed by atoms with Gasteiger partial charge in [-0.1, -0.05) is 13.8 Å². The first-order chi connectivity index (χ1) is 28.8. The van der Waals surface area contributed by atoms with Crippen molar-refractivity contribution in [1.29, 1.82) is 0 Å². The molecule has 4 N–H and O–H groups in total. The average molecular weight is 871 g/mol. The molecule has 61 heavy (non-hydrogen) atoms. The van der Waals surface area contributed by atoms with E-state index in [0.717, 1.165) is 38.5 Å². The Kier molecular flexibility index (Phi) is 12.5. The molecule has 20 heteroatoms. The normalized spacial score (nSPS) is 51.0. The summed E-state index contributed by atoms with van der Waals surface area (Å²) in [6, 6.07) is 0. The summed E-state index contributed by atoms with van der Waals surface area (Å²) in [5.74, 6) is -0.632. The maximum atomic E-state index is 12.8. The van der Waals surface area contributed by atoms with Crippen LogP contribution in [0.2, 0.25) is 0 Å². The lowest BCUT2D eigenvalue weighted by molar-refractivity contribution is -0.773. The van der Waals surface area contributed by atoms with Gasteiger partial charge in [0.1, 0.15) is 37.1 Å². The number of carbonyl (C=O) groups is 1. The zero-order chi connectivity index (χ0) is 43.8. The van der Waals surface area contributed by atoms with Gasteiger partial charge in [0.25, 0.3) is 10.2 Å². The van der Waals surface area contributed by atoms with E-state index < -0.39 is 113 Å². The minimum Gasteiger partial charge on any atom is -0.458 e. The third-order valence-electron chi connectivity index (χ3n) is 16.2. The van der Waals surface area contributed by atoms with Gasteiger partial charge in [-0.05, 0) is 94.5 Å². The van der Waals surface area contributed by atoms with Crippen molar-refractivity contribution in [2.75, 3.05) is 6.61 Å². The zero-order valence-corrected chi connectivity index (χ0v) is 35.4. The highest BCUT2D eigenvalue weighted by Crippen LogP contribution is 2.70. The van der Waals surface area contributed by atoms with Gasteiger partial charge in [-0.25, -0.2) is 4.79 Å². The number of carbonyl (C=O) groups excluding carboxylic acids is 1. The number of hydrogen-bond donors (Lipinski definition) is 4. The molecule has 4 aliphatic heterocycles. The maximum Gasteiger partial charge on any atom is 0.331 e. The molecule has 3 saturated heterocycles. The summed E-state index contributed by atoms with van der Waals surface area (Å²) in [6.07, 6.45) is -5.08. The second-order valence-corrected chi connectivity index (χ2v) is 19.5. The lowest BCUT2D eigenvalue weighted by Crippen LogP contribution is -2.62. The Morgan fingerprint density at radius 3 is 2.02 bits per heavy atom. The number of hydrogen-bond acceptors (Lipinski definition) is 18. The first kappa shape index (κ1) is 44.8. The van der Waals surface area contributed by atoms with Gasteiger partial charge < -0.3 is 63.3 Å². The molecule has 20 nitrogen and oxygen atoms in total. The van der Waals surface area contributed by atoms with Gasteiger partial charge in [0.2, 0.25) is 0 Å². The fourth-order valence-electron chi connectivity index (χ4n) is 13.2. The number of fused-ring (bicyclic) bond motifs is 5. The van der Waals surface area contributed by atoms with Crippen LogP contribution in [0.3, 0.4) is 0 Å². The van der Waals surface area contributed by atoms with E-state index in [0.29, 0.717) is 17.9 Å². The molecular formula is C41H62N2O18. The van der Waals surface area contributed by atoms with E-state index in [9.17, 15) is 45.4 Å². The molecule has 0 aromatic heterocycles. The second kappa shape index (κ2) is 17.0. The number of esters is 1. The van der Waals surface area contributed by atoms with Gasteiger partial charge in [0.05, 0.1) is 42.2 Å². The number of cyclic esters (lactones) is 1. The molecule has 0 unspecified atom stereocenters. The molecule has 0 amide bonds. The summed E-state index contributed by atoms with van der Waals surface area (Å²) in [7, 11) is 0. The highest BCUT2D eigenvalue weighted by Gasteiger charge is 2.71. The fourth-order valence-corrected chi connectivity index (χ4v) is 13.2. The largest absolute Gasteiger partial charge is 0.458 e. The van der Waals surface area contributed by atoms with Crippen LogP contribution in [0.15, 0.2) is 11.6 Å². The van der Waals surface area contributed by atoms with Crippen LogP contribution < -0.4 is 0 Å². The van der Waals surface area contributed by atoms with Crippen LogP contribution in [-0.4, -0.2) is 135 Å². The van der Waals surface area contributed by atoms with Gasteiger partial charge in [-0.2, -0.15) is 0 Å². The molecule has 8 aliphatic rings. The van der Waals surface area contributed by atoms with Crippen molar-refractivity contribution in [1.82, 2.24) is 0 Å². The molecule has 8 rings (SSSR count). The summed E-state index contributed by atoms with van der Waals surface area (Å²) in [5.41, 5.74) is -1.43. The average Bonchev–Trinajstić information content (AvgIpc) is 3.69. The third-order valence-corrected chi connectivity index (χ3v) is 16.2. The summed E-state index contributed by atoms with van der Waals surface area (Å²) < 4.78 is 42.0. The molecule has 344 valence electrons. The van der Waals surface area contributed by atoms with Crippen molar-refractivity contribution < 1.29 is 78.2 Å². The topological polar surface area (TPSA) is 267 Å². The fraction of sp³-hybridized carbons (Fsp3) is 0.927. The molecule has 0 aromatic carbocycles. The SMILES string of the molecule is C[C@H]1O[C@@H](O[C@H]2[C@@H](O[N+](=O)[O-])C[C@H](O[C@H]3[C@@H](O)C[C@H](O[C@H]4CC[C@@]5(C)[C@H](CC[C@@H]6[C@@H]5CC[C@]5(C)[C@@H](C7=CC(=O)OC7)[C@@H](O[N+](=O)[O-])C[C@]65O)C4)O[C@@H]3C)O[C@@H]2C)C[C@H](O)[C@@H]1O. The van der Waals surface area contributed by atoms with E-state index in [-0.39, 0.29) is 55.6 Å². The van der Waals surface area contributed by atoms with E-state index in [1.807, 2.05) is 6.92 Å². The van der Waals surface area contributed by atoms with Crippen molar-refractivity contribution in [3.63, 3.8) is 0 Å². The number of rotatable bonds is 11. The number of nitrogens with zero attached hydrogens (tertiary/aromatic N) is 2. The first-order valence-corrected chi connectivity index (χ1v) is 22.0. The van der Waals surface area contributed by atoms with Gasteiger partial charge >= 0.3 is 5.97 Å². The highest BCUT2D eigenvalue weighted by molar-refractivity contribution is 5.85. The number of aliphatic hydroxyl groups is 4. The van der Waals surface area contributed by atoms with Gasteiger partial charge in [-0.15, -0.1) is 20.2 Å². The zero-order valence-electron chi connectivity index (χ0n) is 35.4. The lowest BCUT2D eigenvalue weighted by atomic mass is 9.43. The van der Waals surface area contributed by atoms with E-state index >= 15 is 0 Å². The molecule has 0 aromatic rings. The Morgan fingerprint density at radius 1 is 0.738 bits per heavy atom. The Hall–Kier alpha value is -2.79. The second-order valence-electron chi connectivity index (χ2n) is 19.5. The van der Waals surface area contributed by atoms with E-state index in [4.69, 9.17) is 42.8 Å². The molecule has 4 aliphatic carbocycles. The maximum absolute atomic E-state index is 12.8. The van der Waals surface area contributed by atoms with Crippen LogP contribution in [0, 0.1) is 54.7 Å². The van der Waals surface area contributed by atoms with E-state index in [2.05, 4.69) is 6.92 Å². The summed E-state index contributed by atoms with van der Waals surface area (Å²) in [5, 5.41) is 65.8. The quantitative estimate of drug-likeness (QED) is 0.101. The Labute approximate surface area is 353 Å². The molecule has 0 radical (unpaired) electrons. The molecule has 21 atom stereocenters. The van der Waals surface area contributed by atoms with Gasteiger partial charge in [0, 0.05) is 43.1 Å². The van der Waals surface area contributed by atoms with Crippen molar-refractivity contribution in [2.45, 2.75) is 197 Å². The Morgan fingerprint density at radius 2 is 1.36 bits per heavy atom. The molecule has 0 bridgehead atoms. The van der Waals surface area contributed by atoms with Crippen LogP contribution in [0.5, 0.6) is 0 Å². The Balaban J connectivity index is 0.864. The van der Waals surface area contributed by atoms with Crippen molar-refractivity contribution in [3.8, 4) is 0 Å². The molecule has 7 fully saturated rings. The minimum atomic E-state index is -1.23. The van der Waals surface area contributed by atoms with Crippen LogP contribution in [-0.2, 0) is 47.6 Å². The monoisotopic (exact) mass is 870 g/mol. The van der Waals surface area contributed by atoms with E-state index in [1.54, 1.807) is 20.8 Å². The van der Waals surface area contributed by atoms with Gasteiger partial charge in [0.15, 0.2) is 18.9 Å². The van der Waals surface area contributed by atoms with Crippen LogP contribution in [0.25, 0.3) is 0 Å². The summed E-state index contributed by atoms with van der Waals surface area (Å²) in [6.45, 7) is 9.35. The van der Waals surface area contributed by atoms with E-state index in [1.165, 1.54) is 6.08 Å². The third kappa shape index (κ3) is 8.27. The van der Waals surface area contributed by atoms with Crippen molar-refractivity contribution in [2.24, 2.45) is 34.5 Å². The van der Waals surface area contributed by atoms with Crippen molar-refractivity contribution >= 4 is 5.97 Å². The molecular weight excluding hydrogens is 808 g/mol. The minimum absolute atomic E-state index is 0.0421. The number of ether oxygens (including phenoxy) is 7. The van der Waals surface area contributed by atoms with Crippen molar-refractivity contribution in [3.05, 3.63) is 31.9 Å². The highest BCUT2D eigenvalue weighted by atomic mass is 17.0. The lowest BCUT2D eigenvalue weighted by Gasteiger charge is -2.63. The molecule has 4 saturated carbocycles. The molecule has 0 spiro atoms. The molecule has 4 heterocycles. The Bertz CT molecular complexity index is 1660. The van der Waals surface area contributed by atoms with Crippen LogP contribution in [0.1, 0.15) is 105 Å². The van der Waals surface area contributed by atoms with Crippen LogP contribution >= 0.6 is 0 Å². The van der Waals surface area contributed by atoms with Crippen LogP contribution in [0.4, 0.5) is 0 Å². The summed E-state index contributed by atoms with van der Waals surface area (Å²) >= 11 is 0.